The Hall–Kier alpha value is -3.51. The maximum Gasteiger partial charge on any atom is 0.239 e. The molecule has 0 unspecified atom stereocenters. The molecule has 1 aromatic heterocycles. The fraction of sp³-hybridized carbons (Fsp3) is 0.318. The largest absolute Gasteiger partial charge is 0.508 e. The van der Waals surface area contributed by atoms with Gasteiger partial charge in [-0.05, 0) is 25.1 Å². The zero-order valence-electron chi connectivity index (χ0n) is 17.5. The Morgan fingerprint density at radius 3 is 2.36 bits per heavy atom. The van der Waals surface area contributed by atoms with Gasteiger partial charge >= 0.3 is 0 Å². The molecule has 176 valence electrons. The molecule has 1 fully saturated rings. The molecule has 2 aromatic carbocycles. The fourth-order valence-electron chi connectivity index (χ4n) is 3.61. The number of aliphatic hydroxyl groups is 3. The van der Waals surface area contributed by atoms with Crippen LogP contribution < -0.4 is 14.9 Å². The molecule has 11 nitrogen and oxygen atoms in total. The van der Waals surface area contributed by atoms with E-state index >= 15 is 0 Å². The summed E-state index contributed by atoms with van der Waals surface area (Å²) < 4.78 is 21.9. The SMILES string of the molecule is COc1cc(-c2oc3cc(O)cc(O)c3c(=O)c2O[C@@H]2O[C@@H](C)[C@H](O)[C@H](O)[C@@H]2O)ccc1O. The van der Waals surface area contributed by atoms with Crippen molar-refractivity contribution in [2.75, 3.05) is 7.11 Å². The molecular formula is C22H22O11. The minimum atomic E-state index is -1.72. The number of hydrogen-bond acceptors (Lipinski definition) is 11. The second-order valence-corrected chi connectivity index (χ2v) is 7.61. The second-order valence-electron chi connectivity index (χ2n) is 7.61. The average Bonchev–Trinajstić information content (AvgIpc) is 2.77. The highest BCUT2D eigenvalue weighted by atomic mass is 16.7. The number of phenolic OH excluding ortho intramolecular Hbond substituents is 3. The van der Waals surface area contributed by atoms with Crippen molar-refractivity contribution in [2.24, 2.45) is 0 Å². The third kappa shape index (κ3) is 3.91. The van der Waals surface area contributed by atoms with Gasteiger partial charge < -0.3 is 49.3 Å². The first-order chi connectivity index (χ1) is 15.6. The minimum Gasteiger partial charge on any atom is -0.508 e. The van der Waals surface area contributed by atoms with E-state index in [9.17, 15) is 35.4 Å². The molecule has 3 aromatic rings. The Morgan fingerprint density at radius 1 is 0.939 bits per heavy atom. The van der Waals surface area contributed by atoms with E-state index in [2.05, 4.69) is 0 Å². The van der Waals surface area contributed by atoms with Gasteiger partial charge in [-0.3, -0.25) is 4.79 Å². The second kappa shape index (κ2) is 8.45. The zero-order chi connectivity index (χ0) is 24.0. The van der Waals surface area contributed by atoms with Crippen molar-refractivity contribution in [2.45, 2.75) is 37.6 Å². The van der Waals surface area contributed by atoms with E-state index < -0.39 is 47.6 Å². The van der Waals surface area contributed by atoms with E-state index in [4.69, 9.17) is 18.6 Å². The molecule has 5 atom stereocenters. The van der Waals surface area contributed by atoms with E-state index in [0.717, 1.165) is 12.1 Å². The zero-order valence-corrected chi connectivity index (χ0v) is 17.5. The lowest BCUT2D eigenvalue weighted by molar-refractivity contribution is -0.268. The molecule has 0 radical (unpaired) electrons. The van der Waals surface area contributed by atoms with Crippen molar-refractivity contribution in [1.29, 1.82) is 0 Å². The number of hydrogen-bond donors (Lipinski definition) is 6. The summed E-state index contributed by atoms with van der Waals surface area (Å²) in [6.45, 7) is 1.44. The number of benzene rings is 2. The normalized spacial score (nSPS) is 25.2. The van der Waals surface area contributed by atoms with Crippen LogP contribution in [-0.4, -0.2) is 68.5 Å². The first kappa shape index (κ1) is 22.7. The summed E-state index contributed by atoms with van der Waals surface area (Å²) in [5, 5.41) is 60.0. The maximum atomic E-state index is 13.3. The summed E-state index contributed by atoms with van der Waals surface area (Å²) in [4.78, 5) is 13.3. The summed E-state index contributed by atoms with van der Waals surface area (Å²) in [7, 11) is 1.32. The highest BCUT2D eigenvalue weighted by Crippen LogP contribution is 2.39. The van der Waals surface area contributed by atoms with Crippen LogP contribution in [0.3, 0.4) is 0 Å². The summed E-state index contributed by atoms with van der Waals surface area (Å²) in [5.74, 6) is -1.74. The van der Waals surface area contributed by atoms with Crippen LogP contribution in [0.5, 0.6) is 28.7 Å². The smallest absolute Gasteiger partial charge is 0.239 e. The van der Waals surface area contributed by atoms with Crippen LogP contribution in [0.4, 0.5) is 0 Å². The molecule has 0 spiro atoms. The van der Waals surface area contributed by atoms with Crippen molar-refractivity contribution in [3.63, 3.8) is 0 Å². The van der Waals surface area contributed by atoms with E-state index in [1.54, 1.807) is 0 Å². The minimum absolute atomic E-state index is 0.0565. The number of rotatable bonds is 4. The van der Waals surface area contributed by atoms with Crippen LogP contribution in [0.2, 0.25) is 0 Å². The van der Waals surface area contributed by atoms with Crippen molar-refractivity contribution in [3.8, 4) is 40.1 Å². The van der Waals surface area contributed by atoms with Crippen LogP contribution in [0, 0.1) is 0 Å². The van der Waals surface area contributed by atoms with Crippen LogP contribution in [0.15, 0.2) is 39.5 Å². The lowest BCUT2D eigenvalue weighted by atomic mass is 10.00. The number of aliphatic hydroxyl groups excluding tert-OH is 3. The standard InChI is InChI=1S/C22H22O11/c1-8-16(26)18(28)19(29)22(31-8)33-21-17(27)15-12(25)6-10(23)7-14(15)32-20(21)9-3-4-11(24)13(5-9)30-2/h3-8,16,18-19,22-26,28-29H,1-2H3/t8-,16-,18-,19-,22-/m0/s1. The van der Waals surface area contributed by atoms with Gasteiger partial charge in [0.2, 0.25) is 17.5 Å². The third-order valence-electron chi connectivity index (χ3n) is 5.40. The molecule has 0 saturated carbocycles. The van der Waals surface area contributed by atoms with Gasteiger partial charge in [0.1, 0.15) is 40.8 Å². The predicted octanol–water partition coefficient (Wildman–Crippen LogP) is 0.792. The highest BCUT2D eigenvalue weighted by molar-refractivity contribution is 5.88. The van der Waals surface area contributed by atoms with E-state index in [1.165, 1.54) is 32.2 Å². The molecule has 6 N–H and O–H groups in total. The van der Waals surface area contributed by atoms with Crippen LogP contribution >= 0.6 is 0 Å². The summed E-state index contributed by atoms with van der Waals surface area (Å²) in [6, 6.07) is 6.11. The molecule has 2 heterocycles. The van der Waals surface area contributed by atoms with Crippen molar-refractivity contribution < 1.29 is 49.3 Å². The summed E-state index contributed by atoms with van der Waals surface area (Å²) in [6.07, 6.45) is -7.24. The Kier molecular flexibility index (Phi) is 5.80. The number of ether oxygens (including phenoxy) is 3. The Bertz CT molecular complexity index is 1250. The molecule has 11 heteroatoms. The van der Waals surface area contributed by atoms with Crippen molar-refractivity contribution in [1.82, 2.24) is 0 Å². The van der Waals surface area contributed by atoms with Gasteiger partial charge in [0, 0.05) is 17.7 Å². The van der Waals surface area contributed by atoms with Crippen LogP contribution in [-0.2, 0) is 4.74 Å². The van der Waals surface area contributed by atoms with Crippen LogP contribution in [0.1, 0.15) is 6.92 Å². The van der Waals surface area contributed by atoms with Gasteiger partial charge in [-0.2, -0.15) is 0 Å². The van der Waals surface area contributed by atoms with E-state index in [0.29, 0.717) is 0 Å². The average molecular weight is 462 g/mol. The lowest BCUT2D eigenvalue weighted by Gasteiger charge is -2.38. The molecule has 0 bridgehead atoms. The number of phenols is 3. The first-order valence-electron chi connectivity index (χ1n) is 9.88. The van der Waals surface area contributed by atoms with Gasteiger partial charge in [-0.1, -0.05) is 0 Å². The molecule has 4 rings (SSSR count). The molecular weight excluding hydrogens is 440 g/mol. The molecule has 1 aliphatic rings. The van der Waals surface area contributed by atoms with Gasteiger partial charge in [-0.15, -0.1) is 0 Å². The molecule has 0 amide bonds. The number of methoxy groups -OCH3 is 1. The van der Waals surface area contributed by atoms with Gasteiger partial charge in [-0.25, -0.2) is 0 Å². The van der Waals surface area contributed by atoms with Gasteiger partial charge in [0.25, 0.3) is 0 Å². The molecule has 1 aliphatic heterocycles. The van der Waals surface area contributed by atoms with Crippen molar-refractivity contribution in [3.05, 3.63) is 40.6 Å². The highest BCUT2D eigenvalue weighted by Gasteiger charge is 2.44. The predicted molar refractivity (Wildman–Crippen MR) is 112 cm³/mol. The maximum absolute atomic E-state index is 13.3. The molecule has 33 heavy (non-hydrogen) atoms. The van der Waals surface area contributed by atoms with Gasteiger partial charge in [0.05, 0.1) is 13.2 Å². The Balaban J connectivity index is 1.93. The monoisotopic (exact) mass is 462 g/mol. The Labute approximate surface area is 186 Å². The van der Waals surface area contributed by atoms with Crippen molar-refractivity contribution >= 4 is 11.0 Å². The van der Waals surface area contributed by atoms with E-state index in [1.807, 2.05) is 0 Å². The van der Waals surface area contributed by atoms with Crippen LogP contribution in [0.25, 0.3) is 22.3 Å². The first-order valence-corrected chi connectivity index (χ1v) is 9.88. The summed E-state index contributed by atoms with van der Waals surface area (Å²) in [5.41, 5.74) is -0.818. The number of fused-ring (bicyclic) bond motifs is 1. The number of aromatic hydroxyl groups is 3. The summed E-state index contributed by atoms with van der Waals surface area (Å²) >= 11 is 0. The lowest BCUT2D eigenvalue weighted by Crippen LogP contribution is -2.58. The molecule has 0 aliphatic carbocycles. The topological polar surface area (TPSA) is 179 Å². The quantitative estimate of drug-likeness (QED) is 0.323. The third-order valence-corrected chi connectivity index (χ3v) is 5.40. The van der Waals surface area contributed by atoms with Gasteiger partial charge in [0.15, 0.2) is 17.3 Å². The Morgan fingerprint density at radius 2 is 1.67 bits per heavy atom. The fourth-order valence-corrected chi connectivity index (χ4v) is 3.61. The van der Waals surface area contributed by atoms with E-state index in [-0.39, 0.29) is 39.5 Å². The molecule has 1 saturated heterocycles.